The van der Waals surface area contributed by atoms with Crippen molar-refractivity contribution in [3.63, 3.8) is 0 Å². The molecule has 1 heterocycles. The Labute approximate surface area is 174 Å². The van der Waals surface area contributed by atoms with Crippen molar-refractivity contribution in [2.45, 2.75) is 6.92 Å². The Kier molecular flexibility index (Phi) is 5.19. The number of aliphatic imine (C=N–C) groups is 1. The first-order valence-corrected chi connectivity index (χ1v) is 9.55. The van der Waals surface area contributed by atoms with E-state index in [4.69, 9.17) is 16.3 Å². The van der Waals surface area contributed by atoms with E-state index in [0.717, 1.165) is 22.6 Å². The molecule has 0 radical (unpaired) electrons. The van der Waals surface area contributed by atoms with Crippen molar-refractivity contribution in [3.8, 4) is 5.75 Å². The zero-order valence-corrected chi connectivity index (χ0v) is 16.9. The second kappa shape index (κ2) is 7.94. The molecule has 0 saturated heterocycles. The number of methoxy groups -OCH3 is 1. The van der Waals surface area contributed by atoms with Crippen LogP contribution in [0.3, 0.4) is 0 Å². The van der Waals surface area contributed by atoms with Gasteiger partial charge in [-0.2, -0.15) is 0 Å². The lowest BCUT2D eigenvalue weighted by Gasteiger charge is -2.19. The molecule has 29 heavy (non-hydrogen) atoms. The minimum absolute atomic E-state index is 0.195. The molecule has 0 saturated carbocycles. The highest BCUT2D eigenvalue weighted by molar-refractivity contribution is 6.39. The lowest BCUT2D eigenvalue weighted by molar-refractivity contribution is -0.113. The first-order valence-electron chi connectivity index (χ1n) is 9.17. The van der Waals surface area contributed by atoms with Crippen LogP contribution >= 0.6 is 11.6 Å². The van der Waals surface area contributed by atoms with E-state index < -0.39 is 0 Å². The van der Waals surface area contributed by atoms with E-state index in [9.17, 15) is 4.79 Å². The molecule has 1 aliphatic heterocycles. The smallest absolute Gasteiger partial charge is 0.282 e. The van der Waals surface area contributed by atoms with E-state index in [1.165, 1.54) is 0 Å². The second-order valence-electron chi connectivity index (χ2n) is 6.69. The summed E-state index contributed by atoms with van der Waals surface area (Å²) in [5.41, 5.74) is 3.79. The number of amidine groups is 1. The monoisotopic (exact) mass is 402 g/mol. The maximum Gasteiger partial charge on any atom is 0.282 e. The summed E-state index contributed by atoms with van der Waals surface area (Å²) in [6.45, 7) is 2.01. The molecule has 0 unspecified atom stereocenters. The number of ether oxygens (including phenoxy) is 1. The zero-order valence-electron chi connectivity index (χ0n) is 16.1. The minimum atomic E-state index is -0.195. The minimum Gasteiger partial charge on any atom is -0.497 e. The Morgan fingerprint density at radius 1 is 0.966 bits per heavy atom. The number of nitrogens with zero attached hydrogens (tertiary/aromatic N) is 2. The summed E-state index contributed by atoms with van der Waals surface area (Å²) in [4.78, 5) is 19.6. The fourth-order valence-electron chi connectivity index (χ4n) is 3.13. The summed E-state index contributed by atoms with van der Waals surface area (Å²) in [5, 5.41) is 0.543. The van der Waals surface area contributed by atoms with Gasteiger partial charge in [0.05, 0.1) is 17.8 Å². The summed E-state index contributed by atoms with van der Waals surface area (Å²) < 4.78 is 5.19. The molecule has 4 rings (SSSR count). The van der Waals surface area contributed by atoms with Crippen LogP contribution in [0.4, 0.5) is 5.69 Å². The van der Waals surface area contributed by atoms with Gasteiger partial charge in [-0.1, -0.05) is 53.6 Å². The van der Waals surface area contributed by atoms with Gasteiger partial charge in [0, 0.05) is 5.56 Å². The summed E-state index contributed by atoms with van der Waals surface area (Å²) in [6, 6.07) is 22.6. The molecule has 1 aliphatic rings. The highest BCUT2D eigenvalue weighted by atomic mass is 35.5. The van der Waals surface area contributed by atoms with Gasteiger partial charge in [0.1, 0.15) is 17.3 Å². The number of hydrogen-bond donors (Lipinski definition) is 0. The highest BCUT2D eigenvalue weighted by Gasteiger charge is 2.33. The van der Waals surface area contributed by atoms with Crippen molar-refractivity contribution in [1.82, 2.24) is 0 Å². The molecular weight excluding hydrogens is 384 g/mol. The van der Waals surface area contributed by atoms with Crippen LogP contribution in [0.2, 0.25) is 5.02 Å². The van der Waals surface area contributed by atoms with Crippen molar-refractivity contribution in [1.29, 1.82) is 0 Å². The van der Waals surface area contributed by atoms with E-state index >= 15 is 0 Å². The first kappa shape index (κ1) is 19.0. The third kappa shape index (κ3) is 3.80. The van der Waals surface area contributed by atoms with Gasteiger partial charge in [-0.15, -0.1) is 0 Å². The van der Waals surface area contributed by atoms with E-state index in [0.29, 0.717) is 22.1 Å². The van der Waals surface area contributed by atoms with E-state index in [1.807, 2.05) is 73.7 Å². The van der Waals surface area contributed by atoms with Crippen molar-refractivity contribution in [2.24, 2.45) is 4.99 Å². The molecule has 4 nitrogen and oxygen atoms in total. The molecule has 0 fully saturated rings. The normalized spacial score (nSPS) is 15.0. The molecule has 0 bridgehead atoms. The van der Waals surface area contributed by atoms with Crippen LogP contribution in [-0.2, 0) is 4.79 Å². The standard InChI is InChI=1S/C24H19ClN2O2/c1-16-7-11-18(12-8-16)27-23(20-5-3-4-6-21(20)25)26-22(24(27)28)15-17-9-13-19(29-2)14-10-17/h3-15H,1-2H3/b22-15+. The number of carbonyl (C=O) groups excluding carboxylic acids is 1. The Bertz CT molecular complexity index is 1120. The summed E-state index contributed by atoms with van der Waals surface area (Å²) in [5.74, 6) is 1.08. The van der Waals surface area contributed by atoms with Crippen LogP contribution in [0.1, 0.15) is 16.7 Å². The summed E-state index contributed by atoms with van der Waals surface area (Å²) >= 11 is 6.42. The Morgan fingerprint density at radius 2 is 1.66 bits per heavy atom. The Hall–Kier alpha value is -3.37. The molecule has 5 heteroatoms. The van der Waals surface area contributed by atoms with Gasteiger partial charge in [0.2, 0.25) is 0 Å². The number of amides is 1. The van der Waals surface area contributed by atoms with Crippen LogP contribution < -0.4 is 9.64 Å². The lowest BCUT2D eigenvalue weighted by atomic mass is 10.1. The van der Waals surface area contributed by atoms with Crippen molar-refractivity contribution in [2.75, 3.05) is 12.0 Å². The average Bonchev–Trinajstić information content (AvgIpc) is 3.05. The lowest BCUT2D eigenvalue weighted by Crippen LogP contribution is -2.32. The second-order valence-corrected chi connectivity index (χ2v) is 7.10. The molecular formula is C24H19ClN2O2. The van der Waals surface area contributed by atoms with E-state index in [1.54, 1.807) is 24.2 Å². The molecule has 0 atom stereocenters. The van der Waals surface area contributed by atoms with Gasteiger partial charge in [-0.3, -0.25) is 9.69 Å². The van der Waals surface area contributed by atoms with Crippen molar-refractivity contribution < 1.29 is 9.53 Å². The largest absolute Gasteiger partial charge is 0.497 e. The SMILES string of the molecule is COc1ccc(/C=C2/N=C(c3ccccc3Cl)N(c3ccc(C)cc3)C2=O)cc1. The number of hydrogen-bond acceptors (Lipinski definition) is 3. The Morgan fingerprint density at radius 3 is 2.31 bits per heavy atom. The van der Waals surface area contributed by atoms with Crippen LogP contribution in [0.5, 0.6) is 5.75 Å². The van der Waals surface area contributed by atoms with Gasteiger partial charge in [0.25, 0.3) is 5.91 Å². The zero-order chi connectivity index (χ0) is 20.4. The maximum absolute atomic E-state index is 13.3. The number of rotatable bonds is 4. The highest BCUT2D eigenvalue weighted by Crippen LogP contribution is 2.30. The van der Waals surface area contributed by atoms with Crippen molar-refractivity contribution >= 4 is 35.1 Å². The number of benzene rings is 3. The number of aryl methyl sites for hydroxylation is 1. The predicted molar refractivity (Wildman–Crippen MR) is 118 cm³/mol. The molecule has 144 valence electrons. The molecule has 0 spiro atoms. The average molecular weight is 403 g/mol. The van der Waals surface area contributed by atoms with Crippen LogP contribution in [0.25, 0.3) is 6.08 Å². The third-order valence-electron chi connectivity index (χ3n) is 4.69. The third-order valence-corrected chi connectivity index (χ3v) is 5.02. The maximum atomic E-state index is 13.3. The molecule has 0 aromatic heterocycles. The fraction of sp³-hybridized carbons (Fsp3) is 0.0833. The van der Waals surface area contributed by atoms with Gasteiger partial charge >= 0.3 is 0 Å². The van der Waals surface area contributed by atoms with Gasteiger partial charge < -0.3 is 4.74 Å². The molecule has 1 amide bonds. The van der Waals surface area contributed by atoms with Crippen LogP contribution in [0.15, 0.2) is 83.5 Å². The quantitative estimate of drug-likeness (QED) is 0.541. The molecule has 0 aliphatic carbocycles. The number of carbonyl (C=O) groups is 1. The van der Waals surface area contributed by atoms with E-state index in [-0.39, 0.29) is 5.91 Å². The molecule has 3 aromatic rings. The number of anilines is 1. The Balaban J connectivity index is 1.81. The van der Waals surface area contributed by atoms with E-state index in [2.05, 4.69) is 4.99 Å². The number of halogens is 1. The van der Waals surface area contributed by atoms with Crippen LogP contribution in [0, 0.1) is 6.92 Å². The van der Waals surface area contributed by atoms with Gasteiger partial charge in [-0.05, 0) is 55.0 Å². The van der Waals surface area contributed by atoms with Gasteiger partial charge in [0.15, 0.2) is 0 Å². The fourth-order valence-corrected chi connectivity index (χ4v) is 3.35. The summed E-state index contributed by atoms with van der Waals surface area (Å²) in [6.07, 6.45) is 1.77. The molecule has 3 aromatic carbocycles. The predicted octanol–water partition coefficient (Wildman–Crippen LogP) is 5.49. The summed E-state index contributed by atoms with van der Waals surface area (Å²) in [7, 11) is 1.62. The van der Waals surface area contributed by atoms with Gasteiger partial charge in [-0.25, -0.2) is 4.99 Å². The van der Waals surface area contributed by atoms with Crippen LogP contribution in [-0.4, -0.2) is 18.9 Å². The first-order chi connectivity index (χ1) is 14.1. The molecule has 0 N–H and O–H groups in total. The topological polar surface area (TPSA) is 41.9 Å². The van der Waals surface area contributed by atoms with Crippen molar-refractivity contribution in [3.05, 3.63) is 100 Å².